The van der Waals surface area contributed by atoms with Gasteiger partial charge in [0.1, 0.15) is 5.82 Å². The minimum absolute atomic E-state index is 0.845. The molecule has 5 heteroatoms. The first kappa shape index (κ1) is 23.4. The van der Waals surface area contributed by atoms with Gasteiger partial charge in [0, 0.05) is 54.2 Å². The van der Waals surface area contributed by atoms with Gasteiger partial charge in [-0.2, -0.15) is 0 Å². The molecule has 0 atom stereocenters. The monoisotopic (exact) mass is 543 g/mol. The van der Waals surface area contributed by atoms with Crippen LogP contribution in [-0.4, -0.2) is 32.7 Å². The van der Waals surface area contributed by atoms with Crippen molar-refractivity contribution >= 4 is 38.5 Å². The summed E-state index contributed by atoms with van der Waals surface area (Å²) in [6.07, 6.45) is 5.26. The summed E-state index contributed by atoms with van der Waals surface area (Å²) in [5, 5.41) is 2.55. The number of hydrogen-bond donors (Lipinski definition) is 0. The summed E-state index contributed by atoms with van der Waals surface area (Å²) in [6.45, 7) is 0.845. The number of aromatic nitrogens is 3. The molecule has 0 fully saturated rings. The molecule has 0 N–H and O–H groups in total. The van der Waals surface area contributed by atoms with Crippen LogP contribution in [0.1, 0.15) is 11.1 Å². The Morgan fingerprint density at radius 3 is 2.33 bits per heavy atom. The molecule has 9 rings (SSSR count). The molecule has 0 radical (unpaired) electrons. The minimum Gasteiger partial charge on any atom is -0.361 e. The number of fused-ring (bicyclic) bond motifs is 7. The first-order valence-electron chi connectivity index (χ1n) is 14.5. The molecule has 0 saturated heterocycles. The number of hydrogen-bond acceptors (Lipinski definition) is 3. The molecule has 3 heterocycles. The van der Waals surface area contributed by atoms with Crippen LogP contribution < -0.4 is 4.90 Å². The second-order valence-electron chi connectivity index (χ2n) is 11.6. The molecule has 2 aliphatic rings. The van der Waals surface area contributed by atoms with Crippen molar-refractivity contribution in [2.45, 2.75) is 6.42 Å². The Morgan fingerprint density at radius 1 is 0.619 bits per heavy atom. The highest BCUT2D eigenvalue weighted by Crippen LogP contribution is 2.43. The quantitative estimate of drug-likeness (QED) is 0.226. The standard InChI is InChI=1S/C37H29N5/c1-39-16-17-41(23-39)27-9-7-10-28(21-27)42-35-20-25(37-38-33-12-5-6-13-34(33)40(37)2)14-15-30(35)32-19-26-18-24-8-3-4-11-29(24)31(26)22-36(32)42/h3-17,19-22H,18,23H2,1-2H3. The molecule has 0 spiro atoms. The van der Waals surface area contributed by atoms with E-state index in [-0.39, 0.29) is 0 Å². The van der Waals surface area contributed by atoms with Crippen molar-refractivity contribution < 1.29 is 0 Å². The van der Waals surface area contributed by atoms with Gasteiger partial charge < -0.3 is 18.9 Å². The molecular weight excluding hydrogens is 514 g/mol. The molecule has 1 aliphatic heterocycles. The minimum atomic E-state index is 0.845. The number of nitrogens with zero attached hydrogens (tertiary/aromatic N) is 5. The number of para-hydroxylation sites is 2. The third kappa shape index (κ3) is 3.34. The van der Waals surface area contributed by atoms with Crippen LogP contribution in [0.4, 0.5) is 5.69 Å². The maximum Gasteiger partial charge on any atom is 0.140 e. The van der Waals surface area contributed by atoms with Crippen molar-refractivity contribution in [2.75, 3.05) is 18.6 Å². The topological polar surface area (TPSA) is 29.2 Å². The fraction of sp³-hybridized carbons (Fsp3) is 0.108. The lowest BCUT2D eigenvalue weighted by molar-refractivity contribution is 0.496. The van der Waals surface area contributed by atoms with Crippen LogP contribution in [-0.2, 0) is 13.5 Å². The number of anilines is 1. The summed E-state index contributed by atoms with van der Waals surface area (Å²) in [5.41, 5.74) is 13.5. The van der Waals surface area contributed by atoms with E-state index in [1.165, 1.54) is 49.7 Å². The van der Waals surface area contributed by atoms with E-state index in [0.717, 1.165) is 41.2 Å². The van der Waals surface area contributed by atoms with E-state index in [1.807, 2.05) is 0 Å². The SMILES string of the molecule is CN1C=CN(c2cccc(-n3c4cc(-c5nc6ccccc6n5C)ccc4c4cc5c(cc43)-c3ccccc3C5)c2)C1. The van der Waals surface area contributed by atoms with Gasteiger partial charge in [-0.25, -0.2) is 4.98 Å². The van der Waals surface area contributed by atoms with E-state index in [9.17, 15) is 0 Å². The van der Waals surface area contributed by atoms with Gasteiger partial charge in [-0.05, 0) is 77.2 Å². The zero-order valence-electron chi connectivity index (χ0n) is 23.6. The van der Waals surface area contributed by atoms with Gasteiger partial charge >= 0.3 is 0 Å². The third-order valence-corrected chi connectivity index (χ3v) is 9.02. The predicted octanol–water partition coefficient (Wildman–Crippen LogP) is 8.09. The lowest BCUT2D eigenvalue weighted by Gasteiger charge is -2.19. The first-order valence-corrected chi connectivity index (χ1v) is 14.5. The van der Waals surface area contributed by atoms with Crippen LogP contribution in [0.15, 0.2) is 116 Å². The van der Waals surface area contributed by atoms with Gasteiger partial charge in [0.05, 0.1) is 28.7 Å². The van der Waals surface area contributed by atoms with Crippen molar-refractivity contribution in [3.63, 3.8) is 0 Å². The maximum atomic E-state index is 5.03. The zero-order valence-corrected chi connectivity index (χ0v) is 23.6. The highest BCUT2D eigenvalue weighted by Gasteiger charge is 2.23. The highest BCUT2D eigenvalue weighted by atomic mass is 15.3. The van der Waals surface area contributed by atoms with Crippen molar-refractivity contribution in [1.29, 1.82) is 0 Å². The number of imidazole rings is 1. The van der Waals surface area contributed by atoms with Crippen molar-refractivity contribution in [1.82, 2.24) is 19.0 Å². The second kappa shape index (κ2) is 8.60. The van der Waals surface area contributed by atoms with Crippen LogP contribution in [0.3, 0.4) is 0 Å². The van der Waals surface area contributed by atoms with Gasteiger partial charge in [-0.15, -0.1) is 0 Å². The van der Waals surface area contributed by atoms with E-state index in [4.69, 9.17) is 4.98 Å². The Bertz CT molecular complexity index is 2250. The lowest BCUT2D eigenvalue weighted by Crippen LogP contribution is -2.21. The molecule has 0 amide bonds. The Morgan fingerprint density at radius 2 is 1.45 bits per heavy atom. The van der Waals surface area contributed by atoms with Gasteiger partial charge in [0.15, 0.2) is 0 Å². The Hall–Kier alpha value is -5.29. The summed E-state index contributed by atoms with van der Waals surface area (Å²) in [6, 6.07) is 37.8. The summed E-state index contributed by atoms with van der Waals surface area (Å²) < 4.78 is 4.65. The van der Waals surface area contributed by atoms with Crippen LogP contribution in [0.25, 0.3) is 61.0 Å². The summed E-state index contributed by atoms with van der Waals surface area (Å²) in [7, 11) is 4.21. The maximum absolute atomic E-state index is 5.03. The molecule has 5 aromatic carbocycles. The normalized spacial score (nSPS) is 14.0. The van der Waals surface area contributed by atoms with Crippen molar-refractivity contribution in [3.8, 4) is 28.2 Å². The molecule has 0 saturated carbocycles. The predicted molar refractivity (Wildman–Crippen MR) is 173 cm³/mol. The Balaban J connectivity index is 1.32. The molecular formula is C37H29N5. The van der Waals surface area contributed by atoms with E-state index in [1.54, 1.807) is 0 Å². The van der Waals surface area contributed by atoms with E-state index >= 15 is 0 Å². The number of rotatable bonds is 3. The summed E-state index contributed by atoms with van der Waals surface area (Å²) >= 11 is 0. The molecule has 0 unspecified atom stereocenters. The fourth-order valence-electron chi connectivity index (χ4n) is 6.98. The molecule has 2 aromatic heterocycles. The number of aryl methyl sites for hydroxylation is 1. The van der Waals surface area contributed by atoms with Gasteiger partial charge in [-0.3, -0.25) is 0 Å². The summed E-state index contributed by atoms with van der Waals surface area (Å²) in [5.74, 6) is 0.977. The molecule has 7 aromatic rings. The molecule has 42 heavy (non-hydrogen) atoms. The van der Waals surface area contributed by atoms with Gasteiger partial charge in [0.2, 0.25) is 0 Å². The Labute approximate surface area is 244 Å². The highest BCUT2D eigenvalue weighted by molar-refractivity contribution is 6.12. The Kier molecular flexibility index (Phi) is 4.80. The van der Waals surface area contributed by atoms with Crippen molar-refractivity contribution in [2.24, 2.45) is 7.05 Å². The van der Waals surface area contributed by atoms with E-state index in [2.05, 4.69) is 149 Å². The number of benzene rings is 5. The first-order chi connectivity index (χ1) is 20.6. The third-order valence-electron chi connectivity index (χ3n) is 9.02. The van der Waals surface area contributed by atoms with E-state index in [0.29, 0.717) is 0 Å². The lowest BCUT2D eigenvalue weighted by atomic mass is 10.0. The molecule has 1 aliphatic carbocycles. The second-order valence-corrected chi connectivity index (χ2v) is 11.6. The van der Waals surface area contributed by atoms with Gasteiger partial charge in [-0.1, -0.05) is 54.6 Å². The molecule has 0 bridgehead atoms. The average Bonchev–Trinajstić information content (AvgIpc) is 3.78. The fourth-order valence-corrected chi connectivity index (χ4v) is 6.98. The van der Waals surface area contributed by atoms with Crippen LogP contribution in [0, 0.1) is 0 Å². The summed E-state index contributed by atoms with van der Waals surface area (Å²) in [4.78, 5) is 9.51. The average molecular weight is 544 g/mol. The van der Waals surface area contributed by atoms with Crippen LogP contribution in [0.2, 0.25) is 0 Å². The van der Waals surface area contributed by atoms with Crippen LogP contribution >= 0.6 is 0 Å². The van der Waals surface area contributed by atoms with Gasteiger partial charge in [0.25, 0.3) is 0 Å². The van der Waals surface area contributed by atoms with E-state index < -0.39 is 0 Å². The molecule has 202 valence electrons. The smallest absolute Gasteiger partial charge is 0.140 e. The zero-order chi connectivity index (χ0) is 27.9. The largest absolute Gasteiger partial charge is 0.361 e. The van der Waals surface area contributed by atoms with Crippen LogP contribution in [0.5, 0.6) is 0 Å². The van der Waals surface area contributed by atoms with Crippen molar-refractivity contribution in [3.05, 3.63) is 127 Å². The molecule has 5 nitrogen and oxygen atoms in total.